The lowest BCUT2D eigenvalue weighted by molar-refractivity contribution is 0.101. The minimum Gasteiger partial charge on any atom is -0.495 e. The molecule has 0 aliphatic carbocycles. The molecule has 7 heteroatoms. The molecule has 0 saturated heterocycles. The average molecular weight is 340 g/mol. The molecule has 116 valence electrons. The zero-order valence-electron chi connectivity index (χ0n) is 12.0. The topological polar surface area (TPSA) is 72.5 Å². The SMILES string of the molecule is COc1ccc(Cl)cc1S(=O)(=O)Nc1cccc(C(C)=O)c1. The number of ketones is 1. The molecule has 0 radical (unpaired) electrons. The summed E-state index contributed by atoms with van der Waals surface area (Å²) < 4.78 is 32.4. The summed E-state index contributed by atoms with van der Waals surface area (Å²) in [6.07, 6.45) is 0. The number of Topliss-reactive ketones (excluding diaryl/α,β-unsaturated/α-hetero) is 1. The summed E-state index contributed by atoms with van der Waals surface area (Å²) in [4.78, 5) is 11.3. The van der Waals surface area contributed by atoms with E-state index < -0.39 is 10.0 Å². The fourth-order valence-corrected chi connectivity index (χ4v) is 3.35. The van der Waals surface area contributed by atoms with Crippen LogP contribution in [0.4, 0.5) is 5.69 Å². The number of carbonyl (C=O) groups excluding carboxylic acids is 1. The Hall–Kier alpha value is -2.05. The zero-order chi connectivity index (χ0) is 16.3. The van der Waals surface area contributed by atoms with E-state index in [1.54, 1.807) is 18.2 Å². The summed E-state index contributed by atoms with van der Waals surface area (Å²) in [5.41, 5.74) is 0.702. The van der Waals surface area contributed by atoms with Crippen LogP contribution in [0.2, 0.25) is 5.02 Å². The summed E-state index contributed by atoms with van der Waals surface area (Å²) >= 11 is 5.86. The number of benzene rings is 2. The van der Waals surface area contributed by atoms with Crippen LogP contribution in [0.5, 0.6) is 5.75 Å². The summed E-state index contributed by atoms with van der Waals surface area (Å²) in [5.74, 6) is 0.0287. The number of carbonyl (C=O) groups is 1. The van der Waals surface area contributed by atoms with Gasteiger partial charge < -0.3 is 4.74 Å². The van der Waals surface area contributed by atoms with Gasteiger partial charge in [0.1, 0.15) is 10.6 Å². The molecular weight excluding hydrogens is 326 g/mol. The Morgan fingerprint density at radius 3 is 2.55 bits per heavy atom. The molecule has 0 aliphatic rings. The molecule has 1 N–H and O–H groups in total. The van der Waals surface area contributed by atoms with Crippen molar-refractivity contribution in [2.45, 2.75) is 11.8 Å². The minimum atomic E-state index is -3.89. The van der Waals surface area contributed by atoms with Gasteiger partial charge >= 0.3 is 0 Å². The van der Waals surface area contributed by atoms with Crippen LogP contribution in [0.1, 0.15) is 17.3 Å². The maximum Gasteiger partial charge on any atom is 0.265 e. The molecular formula is C15H14ClNO4S. The predicted molar refractivity (Wildman–Crippen MR) is 85.3 cm³/mol. The van der Waals surface area contributed by atoms with E-state index in [1.807, 2.05) is 0 Å². The van der Waals surface area contributed by atoms with Gasteiger partial charge in [-0.2, -0.15) is 0 Å². The normalized spacial score (nSPS) is 11.0. The van der Waals surface area contributed by atoms with Crippen LogP contribution in [-0.4, -0.2) is 21.3 Å². The highest BCUT2D eigenvalue weighted by molar-refractivity contribution is 7.92. The lowest BCUT2D eigenvalue weighted by Crippen LogP contribution is -2.14. The Morgan fingerprint density at radius 2 is 1.91 bits per heavy atom. The number of ether oxygens (including phenoxy) is 1. The van der Waals surface area contributed by atoms with Gasteiger partial charge in [-0.3, -0.25) is 9.52 Å². The minimum absolute atomic E-state index is 0.0734. The van der Waals surface area contributed by atoms with Crippen LogP contribution >= 0.6 is 11.6 Å². The van der Waals surface area contributed by atoms with Gasteiger partial charge in [-0.1, -0.05) is 23.7 Å². The van der Waals surface area contributed by atoms with Gasteiger partial charge in [-0.15, -0.1) is 0 Å². The number of methoxy groups -OCH3 is 1. The quantitative estimate of drug-likeness (QED) is 0.848. The largest absolute Gasteiger partial charge is 0.495 e. The standard InChI is InChI=1S/C15H14ClNO4S/c1-10(18)11-4-3-5-13(8-11)17-22(19,20)15-9-12(16)6-7-14(15)21-2/h3-9,17H,1-2H3. The van der Waals surface area contributed by atoms with Crippen molar-refractivity contribution in [3.63, 3.8) is 0 Å². The van der Waals surface area contributed by atoms with Crippen molar-refractivity contribution in [3.8, 4) is 5.75 Å². The molecule has 0 atom stereocenters. The van der Waals surface area contributed by atoms with Gasteiger partial charge in [0.05, 0.1) is 7.11 Å². The highest BCUT2D eigenvalue weighted by Crippen LogP contribution is 2.28. The Kier molecular flexibility index (Phi) is 4.73. The van der Waals surface area contributed by atoms with Gasteiger partial charge in [0, 0.05) is 16.3 Å². The molecule has 5 nitrogen and oxygen atoms in total. The van der Waals surface area contributed by atoms with Crippen LogP contribution in [0.15, 0.2) is 47.4 Å². The predicted octanol–water partition coefficient (Wildman–Crippen LogP) is 3.35. The number of hydrogen-bond acceptors (Lipinski definition) is 4. The Morgan fingerprint density at radius 1 is 1.18 bits per heavy atom. The van der Waals surface area contributed by atoms with Gasteiger partial charge in [0.2, 0.25) is 0 Å². The van der Waals surface area contributed by atoms with Crippen molar-refractivity contribution in [1.82, 2.24) is 0 Å². The first-order valence-corrected chi connectivity index (χ1v) is 8.17. The number of hydrogen-bond donors (Lipinski definition) is 1. The van der Waals surface area contributed by atoms with E-state index in [1.165, 1.54) is 38.3 Å². The van der Waals surface area contributed by atoms with E-state index in [4.69, 9.17) is 16.3 Å². The molecule has 0 aromatic heterocycles. The second-order valence-corrected chi connectivity index (χ2v) is 6.62. The van der Waals surface area contributed by atoms with Crippen LogP contribution < -0.4 is 9.46 Å². The number of anilines is 1. The van der Waals surface area contributed by atoms with Gasteiger partial charge in [0.15, 0.2) is 5.78 Å². The molecule has 2 rings (SSSR count). The summed E-state index contributed by atoms with van der Waals surface area (Å²) in [7, 11) is -2.52. The van der Waals surface area contributed by atoms with Gasteiger partial charge in [0.25, 0.3) is 10.0 Å². The first kappa shape index (κ1) is 16.3. The number of sulfonamides is 1. The van der Waals surface area contributed by atoms with Gasteiger partial charge in [-0.25, -0.2) is 8.42 Å². The Bertz CT molecular complexity index is 818. The maximum absolute atomic E-state index is 12.5. The molecule has 0 amide bonds. The molecule has 0 heterocycles. The third-order valence-electron chi connectivity index (χ3n) is 2.94. The molecule has 0 aliphatic heterocycles. The van der Waals surface area contributed by atoms with E-state index in [0.717, 1.165) is 0 Å². The van der Waals surface area contributed by atoms with Crippen molar-refractivity contribution in [2.24, 2.45) is 0 Å². The molecule has 2 aromatic rings. The van der Waals surface area contributed by atoms with Crippen LogP contribution in [0, 0.1) is 0 Å². The van der Waals surface area contributed by atoms with E-state index in [2.05, 4.69) is 4.72 Å². The van der Waals surface area contributed by atoms with Crippen molar-refractivity contribution < 1.29 is 17.9 Å². The van der Waals surface area contributed by atoms with E-state index in [9.17, 15) is 13.2 Å². The lowest BCUT2D eigenvalue weighted by atomic mass is 10.1. The van der Waals surface area contributed by atoms with Crippen molar-refractivity contribution in [2.75, 3.05) is 11.8 Å². The summed E-state index contributed by atoms with van der Waals surface area (Å²) in [6, 6.07) is 10.6. The molecule has 0 fully saturated rings. The second kappa shape index (κ2) is 6.37. The molecule has 2 aromatic carbocycles. The Balaban J connectivity index is 2.42. The maximum atomic E-state index is 12.5. The van der Waals surface area contributed by atoms with Crippen molar-refractivity contribution >= 4 is 33.1 Å². The first-order valence-electron chi connectivity index (χ1n) is 6.31. The van der Waals surface area contributed by atoms with Crippen LogP contribution in [0.25, 0.3) is 0 Å². The average Bonchev–Trinajstić information content (AvgIpc) is 2.47. The first-order chi connectivity index (χ1) is 10.3. The second-order valence-electron chi connectivity index (χ2n) is 4.54. The third kappa shape index (κ3) is 3.58. The molecule has 22 heavy (non-hydrogen) atoms. The number of halogens is 1. The summed E-state index contributed by atoms with van der Waals surface area (Å²) in [6.45, 7) is 1.41. The molecule has 0 bridgehead atoms. The Labute approximate surface area is 133 Å². The lowest BCUT2D eigenvalue weighted by Gasteiger charge is -2.12. The van der Waals surface area contributed by atoms with Crippen LogP contribution in [-0.2, 0) is 10.0 Å². The highest BCUT2D eigenvalue weighted by atomic mass is 35.5. The fraction of sp³-hybridized carbons (Fsp3) is 0.133. The monoisotopic (exact) mass is 339 g/mol. The van der Waals surface area contributed by atoms with Crippen molar-refractivity contribution in [1.29, 1.82) is 0 Å². The van der Waals surface area contributed by atoms with Crippen molar-refractivity contribution in [3.05, 3.63) is 53.1 Å². The summed E-state index contributed by atoms with van der Waals surface area (Å²) in [5, 5.41) is 0.277. The molecule has 0 unspecified atom stereocenters. The van der Waals surface area contributed by atoms with E-state index in [0.29, 0.717) is 5.56 Å². The van der Waals surface area contributed by atoms with E-state index in [-0.39, 0.29) is 27.1 Å². The van der Waals surface area contributed by atoms with E-state index >= 15 is 0 Å². The smallest absolute Gasteiger partial charge is 0.265 e. The number of rotatable bonds is 5. The highest BCUT2D eigenvalue weighted by Gasteiger charge is 2.20. The van der Waals surface area contributed by atoms with Gasteiger partial charge in [-0.05, 0) is 37.3 Å². The van der Waals surface area contributed by atoms with Crippen LogP contribution in [0.3, 0.4) is 0 Å². The third-order valence-corrected chi connectivity index (χ3v) is 4.57. The molecule has 0 saturated carbocycles. The number of nitrogens with one attached hydrogen (secondary N) is 1. The zero-order valence-corrected chi connectivity index (χ0v) is 13.5. The fourth-order valence-electron chi connectivity index (χ4n) is 1.87. The molecule has 0 spiro atoms.